The first kappa shape index (κ1) is 15.2. The van der Waals surface area contributed by atoms with Crippen molar-refractivity contribution in [3.05, 3.63) is 29.8 Å². The van der Waals surface area contributed by atoms with Crippen molar-refractivity contribution in [1.29, 1.82) is 0 Å². The molecule has 0 radical (unpaired) electrons. The van der Waals surface area contributed by atoms with Crippen LogP contribution in [0.2, 0.25) is 0 Å². The molecule has 1 aromatic carbocycles. The normalized spacial score (nSPS) is 19.1. The fourth-order valence-electron chi connectivity index (χ4n) is 2.34. The van der Waals surface area contributed by atoms with Gasteiger partial charge in [-0.3, -0.25) is 4.79 Å². The lowest BCUT2D eigenvalue weighted by Gasteiger charge is -2.11. The van der Waals surface area contributed by atoms with Gasteiger partial charge in [0.2, 0.25) is 10.0 Å². The molecule has 6 heteroatoms. The molecule has 1 heterocycles. The summed E-state index contributed by atoms with van der Waals surface area (Å²) in [7, 11) is -3.54. The predicted octanol–water partition coefficient (Wildman–Crippen LogP) is 1.31. The van der Waals surface area contributed by atoms with Crippen molar-refractivity contribution in [2.24, 2.45) is 0 Å². The predicted molar refractivity (Wildman–Crippen MR) is 77.3 cm³/mol. The van der Waals surface area contributed by atoms with Crippen molar-refractivity contribution >= 4 is 15.8 Å². The summed E-state index contributed by atoms with van der Waals surface area (Å²) in [6.45, 7) is 2.84. The maximum Gasteiger partial charge on any atom is 0.240 e. The quantitative estimate of drug-likeness (QED) is 0.776. The Bertz CT molecular complexity index is 578. The molecule has 2 N–H and O–H groups in total. The minimum absolute atomic E-state index is 0.141. The number of ketones is 1. The van der Waals surface area contributed by atoms with E-state index in [2.05, 4.69) is 10.0 Å². The van der Waals surface area contributed by atoms with Gasteiger partial charge in [-0.15, -0.1) is 0 Å². The number of benzene rings is 1. The number of rotatable bonds is 6. The van der Waals surface area contributed by atoms with Crippen molar-refractivity contribution in [2.45, 2.75) is 37.1 Å². The first-order valence-electron chi connectivity index (χ1n) is 6.83. The highest BCUT2D eigenvalue weighted by Gasteiger charge is 2.17. The molecule has 1 saturated heterocycles. The number of carbonyl (C=O) groups excluding carboxylic acids is 1. The lowest BCUT2D eigenvalue weighted by molar-refractivity contribution is 0.101. The second-order valence-corrected chi connectivity index (χ2v) is 6.83. The van der Waals surface area contributed by atoms with Crippen LogP contribution in [0.15, 0.2) is 29.2 Å². The molecule has 2 rings (SSSR count). The van der Waals surface area contributed by atoms with Crippen LogP contribution < -0.4 is 10.0 Å². The lowest BCUT2D eigenvalue weighted by atomic mass is 10.2. The van der Waals surface area contributed by atoms with Gasteiger partial charge in [0, 0.05) is 18.2 Å². The first-order valence-corrected chi connectivity index (χ1v) is 8.31. The Labute approximate surface area is 119 Å². The van der Waals surface area contributed by atoms with E-state index >= 15 is 0 Å². The summed E-state index contributed by atoms with van der Waals surface area (Å²) >= 11 is 0. The molecule has 20 heavy (non-hydrogen) atoms. The maximum atomic E-state index is 12.1. The highest BCUT2D eigenvalue weighted by Crippen LogP contribution is 2.13. The average molecular weight is 296 g/mol. The molecule has 1 fully saturated rings. The van der Waals surface area contributed by atoms with E-state index in [0.29, 0.717) is 18.2 Å². The summed E-state index contributed by atoms with van der Waals surface area (Å²) in [4.78, 5) is 11.4. The number of nitrogens with one attached hydrogen (secondary N) is 2. The Morgan fingerprint density at radius 3 is 2.90 bits per heavy atom. The Hall–Kier alpha value is -1.24. The van der Waals surface area contributed by atoms with Gasteiger partial charge in [0.05, 0.1) is 4.90 Å². The zero-order valence-corrected chi connectivity index (χ0v) is 12.4. The molecule has 5 nitrogen and oxygen atoms in total. The molecule has 0 bridgehead atoms. The molecular weight excluding hydrogens is 276 g/mol. The van der Waals surface area contributed by atoms with Gasteiger partial charge in [0.25, 0.3) is 0 Å². The Kier molecular flexibility index (Phi) is 4.91. The van der Waals surface area contributed by atoms with Crippen LogP contribution in [0.5, 0.6) is 0 Å². The van der Waals surface area contributed by atoms with Crippen LogP contribution in [0.3, 0.4) is 0 Å². The van der Waals surface area contributed by atoms with Crippen LogP contribution in [-0.2, 0) is 10.0 Å². The molecule has 1 aliphatic heterocycles. The fourth-order valence-corrected chi connectivity index (χ4v) is 3.43. The molecule has 0 unspecified atom stereocenters. The van der Waals surface area contributed by atoms with E-state index in [4.69, 9.17) is 0 Å². The zero-order valence-electron chi connectivity index (χ0n) is 11.6. The molecule has 1 aliphatic rings. The SMILES string of the molecule is CC(=O)c1cccc(S(=O)(=O)NCC[C@@H]2CCCN2)c1. The summed E-state index contributed by atoms with van der Waals surface area (Å²) < 4.78 is 26.9. The third kappa shape index (κ3) is 3.88. The average Bonchev–Trinajstić information content (AvgIpc) is 2.92. The highest BCUT2D eigenvalue weighted by molar-refractivity contribution is 7.89. The van der Waals surface area contributed by atoms with Crippen molar-refractivity contribution in [2.75, 3.05) is 13.1 Å². The van der Waals surface area contributed by atoms with Crippen molar-refractivity contribution in [3.8, 4) is 0 Å². The Morgan fingerprint density at radius 1 is 1.45 bits per heavy atom. The molecule has 0 aromatic heterocycles. The summed E-state index contributed by atoms with van der Waals surface area (Å²) in [5, 5.41) is 3.33. The minimum atomic E-state index is -3.54. The molecule has 1 atom stereocenters. The molecule has 0 spiro atoms. The Morgan fingerprint density at radius 2 is 2.25 bits per heavy atom. The van der Waals surface area contributed by atoms with E-state index < -0.39 is 10.0 Å². The summed E-state index contributed by atoms with van der Waals surface area (Å²) in [6, 6.07) is 6.52. The van der Waals surface area contributed by atoms with E-state index in [-0.39, 0.29) is 10.7 Å². The van der Waals surface area contributed by atoms with Crippen molar-refractivity contribution in [3.63, 3.8) is 0 Å². The molecule has 1 aromatic rings. The number of sulfonamides is 1. The smallest absolute Gasteiger partial charge is 0.240 e. The summed E-state index contributed by atoms with van der Waals surface area (Å²) in [5.74, 6) is -0.141. The van der Waals surface area contributed by atoms with Gasteiger partial charge < -0.3 is 5.32 Å². The van der Waals surface area contributed by atoms with Crippen LogP contribution in [0, 0.1) is 0 Å². The van der Waals surface area contributed by atoms with Crippen LogP contribution >= 0.6 is 0 Å². The molecular formula is C14H20N2O3S. The third-order valence-corrected chi connectivity index (χ3v) is 4.96. The van der Waals surface area contributed by atoms with Gasteiger partial charge in [-0.2, -0.15) is 0 Å². The number of carbonyl (C=O) groups is 1. The number of hydrogen-bond donors (Lipinski definition) is 2. The van der Waals surface area contributed by atoms with E-state index in [1.807, 2.05) is 0 Å². The fraction of sp³-hybridized carbons (Fsp3) is 0.500. The number of hydrogen-bond acceptors (Lipinski definition) is 4. The van der Waals surface area contributed by atoms with Gasteiger partial charge >= 0.3 is 0 Å². The van der Waals surface area contributed by atoms with Gasteiger partial charge in [0.1, 0.15) is 0 Å². The largest absolute Gasteiger partial charge is 0.314 e. The molecule has 110 valence electrons. The van der Waals surface area contributed by atoms with E-state index in [1.165, 1.54) is 19.1 Å². The van der Waals surface area contributed by atoms with Crippen LogP contribution in [0.4, 0.5) is 0 Å². The van der Waals surface area contributed by atoms with Crippen LogP contribution in [0.1, 0.15) is 36.5 Å². The number of Topliss-reactive ketones (excluding diaryl/α,β-unsaturated/α-hetero) is 1. The minimum Gasteiger partial charge on any atom is -0.314 e. The van der Waals surface area contributed by atoms with Gasteiger partial charge in [-0.05, 0) is 44.9 Å². The highest BCUT2D eigenvalue weighted by atomic mass is 32.2. The van der Waals surface area contributed by atoms with Crippen LogP contribution in [-0.4, -0.2) is 33.3 Å². The van der Waals surface area contributed by atoms with Crippen molar-refractivity contribution < 1.29 is 13.2 Å². The van der Waals surface area contributed by atoms with E-state index in [1.54, 1.807) is 12.1 Å². The lowest BCUT2D eigenvalue weighted by Crippen LogP contribution is -2.30. The van der Waals surface area contributed by atoms with Gasteiger partial charge in [-0.1, -0.05) is 12.1 Å². The van der Waals surface area contributed by atoms with Crippen LogP contribution in [0.25, 0.3) is 0 Å². The van der Waals surface area contributed by atoms with E-state index in [0.717, 1.165) is 25.8 Å². The second-order valence-electron chi connectivity index (χ2n) is 5.06. The topological polar surface area (TPSA) is 75.3 Å². The standard InChI is InChI=1S/C14H20N2O3S/c1-11(17)12-4-2-6-14(10-12)20(18,19)16-9-7-13-5-3-8-15-13/h2,4,6,10,13,15-16H,3,5,7-9H2,1H3/t13-/m0/s1. The zero-order chi connectivity index (χ0) is 14.6. The summed E-state index contributed by atoms with van der Waals surface area (Å²) in [6.07, 6.45) is 3.03. The second kappa shape index (κ2) is 6.47. The maximum absolute atomic E-state index is 12.1. The molecule has 0 saturated carbocycles. The monoisotopic (exact) mass is 296 g/mol. The van der Waals surface area contributed by atoms with Gasteiger partial charge in [0.15, 0.2) is 5.78 Å². The van der Waals surface area contributed by atoms with Gasteiger partial charge in [-0.25, -0.2) is 13.1 Å². The Balaban J connectivity index is 1.98. The van der Waals surface area contributed by atoms with Crippen molar-refractivity contribution in [1.82, 2.24) is 10.0 Å². The summed E-state index contributed by atoms with van der Waals surface area (Å²) in [5.41, 5.74) is 0.408. The molecule has 0 aliphatic carbocycles. The van der Waals surface area contributed by atoms with E-state index in [9.17, 15) is 13.2 Å². The third-order valence-electron chi connectivity index (χ3n) is 3.50. The first-order chi connectivity index (χ1) is 9.49. The molecule has 0 amide bonds.